The number of thiazole rings is 1. The molecule has 158 valence electrons. The SMILES string of the molecule is O=C(c1nc2sccn2c1CN1CCC[C@H](CN2CCCCC2)C1)N1CCCC1. The number of fused-ring (bicyclic) bond motifs is 1. The average molecular weight is 416 g/mol. The summed E-state index contributed by atoms with van der Waals surface area (Å²) in [5.41, 5.74) is 1.79. The van der Waals surface area contributed by atoms with Crippen LogP contribution in [0.2, 0.25) is 0 Å². The van der Waals surface area contributed by atoms with E-state index in [0.29, 0.717) is 5.69 Å². The van der Waals surface area contributed by atoms with Crippen LogP contribution in [0.4, 0.5) is 0 Å². The highest BCUT2D eigenvalue weighted by Crippen LogP contribution is 2.25. The van der Waals surface area contributed by atoms with Gasteiger partial charge in [-0.1, -0.05) is 6.42 Å². The van der Waals surface area contributed by atoms with Crippen LogP contribution in [0.3, 0.4) is 0 Å². The van der Waals surface area contributed by atoms with Crippen molar-refractivity contribution in [2.45, 2.75) is 51.5 Å². The van der Waals surface area contributed by atoms with Gasteiger partial charge in [0.2, 0.25) is 0 Å². The molecule has 3 aliphatic heterocycles. The Hall–Kier alpha value is -1.44. The number of likely N-dealkylation sites (tertiary alicyclic amines) is 3. The number of nitrogens with zero attached hydrogens (tertiary/aromatic N) is 5. The molecule has 0 aromatic carbocycles. The summed E-state index contributed by atoms with van der Waals surface area (Å²) in [7, 11) is 0. The second kappa shape index (κ2) is 8.74. The predicted molar refractivity (Wildman–Crippen MR) is 116 cm³/mol. The first-order valence-electron chi connectivity index (χ1n) is 11.5. The van der Waals surface area contributed by atoms with Gasteiger partial charge in [-0.3, -0.25) is 14.1 Å². The largest absolute Gasteiger partial charge is 0.337 e. The molecule has 6 nitrogen and oxygen atoms in total. The Bertz CT molecular complexity index is 833. The molecule has 1 amide bonds. The van der Waals surface area contributed by atoms with Crippen molar-refractivity contribution >= 4 is 22.2 Å². The molecule has 0 unspecified atom stereocenters. The molecule has 0 bridgehead atoms. The van der Waals surface area contributed by atoms with Crippen LogP contribution in [0, 0.1) is 5.92 Å². The minimum atomic E-state index is 0.135. The smallest absolute Gasteiger partial charge is 0.274 e. The number of carbonyl (C=O) groups excluding carboxylic acids is 1. The van der Waals surface area contributed by atoms with E-state index in [4.69, 9.17) is 4.98 Å². The maximum Gasteiger partial charge on any atom is 0.274 e. The van der Waals surface area contributed by atoms with Crippen LogP contribution in [0.15, 0.2) is 11.6 Å². The fourth-order valence-electron chi connectivity index (χ4n) is 5.39. The molecule has 5 rings (SSSR count). The Morgan fingerprint density at radius 3 is 2.59 bits per heavy atom. The van der Waals surface area contributed by atoms with E-state index in [0.717, 1.165) is 62.1 Å². The van der Waals surface area contributed by atoms with E-state index in [1.165, 1.54) is 51.7 Å². The number of rotatable bonds is 5. The molecule has 0 N–H and O–H groups in total. The molecular formula is C22H33N5OS. The van der Waals surface area contributed by atoms with Crippen molar-refractivity contribution in [3.8, 4) is 0 Å². The third kappa shape index (κ3) is 4.23. The molecule has 7 heteroatoms. The number of amides is 1. The lowest BCUT2D eigenvalue weighted by molar-refractivity contribution is 0.0782. The highest BCUT2D eigenvalue weighted by atomic mass is 32.1. The quantitative estimate of drug-likeness (QED) is 0.751. The topological polar surface area (TPSA) is 44.1 Å². The van der Waals surface area contributed by atoms with E-state index >= 15 is 0 Å². The lowest BCUT2D eigenvalue weighted by Crippen LogP contribution is -2.42. The molecule has 2 aromatic rings. The monoisotopic (exact) mass is 415 g/mol. The van der Waals surface area contributed by atoms with Crippen LogP contribution < -0.4 is 0 Å². The van der Waals surface area contributed by atoms with Gasteiger partial charge >= 0.3 is 0 Å². The summed E-state index contributed by atoms with van der Waals surface area (Å²) < 4.78 is 2.15. The van der Waals surface area contributed by atoms with E-state index in [9.17, 15) is 4.79 Å². The van der Waals surface area contributed by atoms with Gasteiger partial charge in [-0.15, -0.1) is 11.3 Å². The van der Waals surface area contributed by atoms with E-state index in [1.807, 2.05) is 4.90 Å². The van der Waals surface area contributed by atoms with Crippen LogP contribution in [0.25, 0.3) is 4.96 Å². The van der Waals surface area contributed by atoms with Crippen molar-refractivity contribution in [1.82, 2.24) is 24.1 Å². The number of hydrogen-bond acceptors (Lipinski definition) is 5. The van der Waals surface area contributed by atoms with Crippen LogP contribution in [0.1, 0.15) is 61.1 Å². The Balaban J connectivity index is 1.30. The molecule has 3 saturated heterocycles. The molecule has 0 saturated carbocycles. The standard InChI is InChI=1S/C22H33N5OS/c28-21(26-11-4-5-12-26)20-19(27-13-14-29-22(27)23-20)17-25-10-6-7-18(16-25)15-24-8-2-1-3-9-24/h13-14,18H,1-12,15-17H2/t18-/m1/s1. The van der Waals surface area contributed by atoms with E-state index in [2.05, 4.69) is 25.8 Å². The summed E-state index contributed by atoms with van der Waals surface area (Å²) in [5.74, 6) is 0.890. The van der Waals surface area contributed by atoms with Crippen LogP contribution in [0.5, 0.6) is 0 Å². The van der Waals surface area contributed by atoms with Crippen molar-refractivity contribution < 1.29 is 4.79 Å². The zero-order chi connectivity index (χ0) is 19.6. The fourth-order valence-corrected chi connectivity index (χ4v) is 6.12. The van der Waals surface area contributed by atoms with Crippen molar-refractivity contribution in [1.29, 1.82) is 0 Å². The second-order valence-electron chi connectivity index (χ2n) is 9.07. The number of carbonyl (C=O) groups is 1. The first kappa shape index (κ1) is 19.5. The molecule has 0 spiro atoms. The summed E-state index contributed by atoms with van der Waals surface area (Å²) in [6, 6.07) is 0. The van der Waals surface area contributed by atoms with Gasteiger partial charge in [-0.05, 0) is 64.1 Å². The molecule has 29 heavy (non-hydrogen) atoms. The predicted octanol–water partition coefficient (Wildman–Crippen LogP) is 3.33. The van der Waals surface area contributed by atoms with Crippen LogP contribution in [-0.2, 0) is 6.54 Å². The normalized spacial score (nSPS) is 24.6. The van der Waals surface area contributed by atoms with Crippen LogP contribution in [-0.4, -0.2) is 75.8 Å². The Kier molecular flexibility index (Phi) is 5.88. The average Bonchev–Trinajstić information content (AvgIpc) is 3.48. The van der Waals surface area contributed by atoms with Gasteiger partial charge in [0.1, 0.15) is 0 Å². The van der Waals surface area contributed by atoms with Crippen molar-refractivity contribution in [2.24, 2.45) is 5.92 Å². The Morgan fingerprint density at radius 2 is 1.76 bits per heavy atom. The van der Waals surface area contributed by atoms with E-state index in [-0.39, 0.29) is 5.91 Å². The summed E-state index contributed by atoms with van der Waals surface area (Å²) in [5, 5.41) is 2.07. The first-order chi connectivity index (χ1) is 14.3. The van der Waals surface area contributed by atoms with Gasteiger partial charge in [0.25, 0.3) is 5.91 Å². The molecule has 2 aromatic heterocycles. The first-order valence-corrected chi connectivity index (χ1v) is 12.3. The Labute approximate surface area is 177 Å². The molecule has 0 radical (unpaired) electrons. The van der Waals surface area contributed by atoms with Gasteiger partial charge in [0.15, 0.2) is 10.7 Å². The number of imidazole rings is 1. The van der Waals surface area contributed by atoms with E-state index in [1.54, 1.807) is 11.3 Å². The maximum absolute atomic E-state index is 13.1. The van der Waals surface area contributed by atoms with Crippen molar-refractivity contribution in [3.05, 3.63) is 23.0 Å². The number of hydrogen-bond donors (Lipinski definition) is 0. The maximum atomic E-state index is 13.1. The zero-order valence-electron chi connectivity index (χ0n) is 17.4. The minimum Gasteiger partial charge on any atom is -0.337 e. The van der Waals surface area contributed by atoms with E-state index < -0.39 is 0 Å². The lowest BCUT2D eigenvalue weighted by atomic mass is 9.96. The second-order valence-corrected chi connectivity index (χ2v) is 9.94. The fraction of sp³-hybridized carbons (Fsp3) is 0.727. The van der Waals surface area contributed by atoms with Crippen molar-refractivity contribution in [2.75, 3.05) is 45.8 Å². The lowest BCUT2D eigenvalue weighted by Gasteiger charge is -2.36. The zero-order valence-corrected chi connectivity index (χ0v) is 18.2. The summed E-state index contributed by atoms with van der Waals surface area (Å²) in [6.45, 7) is 8.68. The van der Waals surface area contributed by atoms with Gasteiger partial charge in [0.05, 0.1) is 5.69 Å². The highest BCUT2D eigenvalue weighted by molar-refractivity contribution is 7.15. The third-order valence-electron chi connectivity index (χ3n) is 6.90. The van der Waals surface area contributed by atoms with Gasteiger partial charge in [-0.2, -0.15) is 0 Å². The third-order valence-corrected chi connectivity index (χ3v) is 7.66. The number of aromatic nitrogens is 2. The summed E-state index contributed by atoms with van der Waals surface area (Å²) in [6.07, 6.45) is 11.1. The Morgan fingerprint density at radius 1 is 1.00 bits per heavy atom. The van der Waals surface area contributed by atoms with Gasteiger partial charge < -0.3 is 9.80 Å². The molecule has 3 aliphatic rings. The van der Waals surface area contributed by atoms with Gasteiger partial charge in [0, 0.05) is 44.3 Å². The van der Waals surface area contributed by atoms with Crippen LogP contribution >= 0.6 is 11.3 Å². The van der Waals surface area contributed by atoms with Gasteiger partial charge in [-0.25, -0.2) is 4.98 Å². The molecular weight excluding hydrogens is 382 g/mol. The number of piperidine rings is 2. The molecule has 3 fully saturated rings. The highest BCUT2D eigenvalue weighted by Gasteiger charge is 2.29. The van der Waals surface area contributed by atoms with Crippen molar-refractivity contribution in [3.63, 3.8) is 0 Å². The summed E-state index contributed by atoms with van der Waals surface area (Å²) >= 11 is 1.62. The minimum absolute atomic E-state index is 0.135. The molecule has 5 heterocycles. The molecule has 0 aliphatic carbocycles. The molecule has 1 atom stereocenters. The summed E-state index contributed by atoms with van der Waals surface area (Å²) in [4.78, 5) is 26.1.